The van der Waals surface area contributed by atoms with Crippen molar-refractivity contribution in [3.63, 3.8) is 0 Å². The van der Waals surface area contributed by atoms with Crippen molar-refractivity contribution < 1.29 is 19.4 Å². The highest BCUT2D eigenvalue weighted by Crippen LogP contribution is 2.45. The molecule has 0 saturated heterocycles. The van der Waals surface area contributed by atoms with Gasteiger partial charge in [0.05, 0.1) is 0 Å². The van der Waals surface area contributed by atoms with Gasteiger partial charge in [0.1, 0.15) is 11.5 Å². The standard InChI is InChI=1S/C14H23O4P/c1-13(2,3)10-7-9(15)8-11(14(4,5)6)12(10)18-19(16)17/h7-8,15-17H,1-6H3. The van der Waals surface area contributed by atoms with Gasteiger partial charge in [-0.15, -0.1) is 0 Å². The van der Waals surface area contributed by atoms with Crippen LogP contribution in [0.5, 0.6) is 11.5 Å². The predicted octanol–water partition coefficient (Wildman–Crippen LogP) is 3.58. The van der Waals surface area contributed by atoms with Crippen LogP contribution in [0.25, 0.3) is 0 Å². The van der Waals surface area contributed by atoms with Crippen LogP contribution in [0, 0.1) is 0 Å². The molecule has 0 aromatic heterocycles. The van der Waals surface area contributed by atoms with Gasteiger partial charge in [0.15, 0.2) is 0 Å². The van der Waals surface area contributed by atoms with Gasteiger partial charge >= 0.3 is 8.60 Å². The lowest BCUT2D eigenvalue weighted by Crippen LogP contribution is -2.18. The molecule has 0 aliphatic carbocycles. The molecule has 0 heterocycles. The van der Waals surface area contributed by atoms with Gasteiger partial charge in [0.25, 0.3) is 0 Å². The van der Waals surface area contributed by atoms with Crippen LogP contribution in [0.15, 0.2) is 12.1 Å². The molecule has 1 aromatic rings. The van der Waals surface area contributed by atoms with E-state index in [2.05, 4.69) is 0 Å². The molecule has 0 amide bonds. The third kappa shape index (κ3) is 4.07. The third-order valence-corrected chi connectivity index (χ3v) is 3.21. The Morgan fingerprint density at radius 1 is 0.895 bits per heavy atom. The fourth-order valence-corrected chi connectivity index (χ4v) is 2.27. The number of phenols is 1. The quantitative estimate of drug-likeness (QED) is 0.727. The second-order valence-electron chi connectivity index (χ2n) is 6.71. The molecule has 0 aliphatic rings. The number of hydrogen-bond acceptors (Lipinski definition) is 4. The number of rotatable bonds is 2. The SMILES string of the molecule is CC(C)(C)c1cc(O)cc(C(C)(C)C)c1OP(O)O. The molecule has 0 fully saturated rings. The first-order valence-corrected chi connectivity index (χ1v) is 7.33. The molecule has 0 saturated carbocycles. The smallest absolute Gasteiger partial charge is 0.391 e. The Labute approximate surface area is 116 Å². The molecule has 4 nitrogen and oxygen atoms in total. The first kappa shape index (κ1) is 16.2. The van der Waals surface area contributed by atoms with Crippen molar-refractivity contribution in [3.8, 4) is 11.5 Å². The fourth-order valence-electron chi connectivity index (χ4n) is 1.91. The van der Waals surface area contributed by atoms with E-state index in [0.717, 1.165) is 11.1 Å². The maximum absolute atomic E-state index is 9.90. The highest BCUT2D eigenvalue weighted by atomic mass is 31.2. The molecule has 0 radical (unpaired) electrons. The first-order valence-electron chi connectivity index (χ1n) is 6.17. The Kier molecular flexibility index (Phi) is 4.51. The summed E-state index contributed by atoms with van der Waals surface area (Å²) < 4.78 is 5.25. The summed E-state index contributed by atoms with van der Waals surface area (Å²) in [5.74, 6) is 0.608. The molecule has 0 spiro atoms. The molecule has 0 unspecified atom stereocenters. The van der Waals surface area contributed by atoms with Crippen molar-refractivity contribution in [2.45, 2.75) is 52.4 Å². The Balaban J connectivity index is 3.58. The molecular weight excluding hydrogens is 263 g/mol. The van der Waals surface area contributed by atoms with E-state index in [9.17, 15) is 14.9 Å². The Morgan fingerprint density at radius 2 is 1.26 bits per heavy atom. The highest BCUT2D eigenvalue weighted by molar-refractivity contribution is 7.39. The van der Waals surface area contributed by atoms with Crippen LogP contribution >= 0.6 is 8.60 Å². The summed E-state index contributed by atoms with van der Waals surface area (Å²) in [4.78, 5) is 18.4. The molecule has 5 heteroatoms. The maximum Gasteiger partial charge on any atom is 0.391 e. The Bertz CT molecular complexity index is 420. The predicted molar refractivity (Wildman–Crippen MR) is 77.5 cm³/mol. The molecule has 0 aliphatic heterocycles. The van der Waals surface area contributed by atoms with E-state index in [1.807, 2.05) is 41.5 Å². The second kappa shape index (κ2) is 5.28. The van der Waals surface area contributed by atoms with Gasteiger partial charge in [0, 0.05) is 11.1 Å². The van der Waals surface area contributed by atoms with E-state index in [4.69, 9.17) is 4.52 Å². The van der Waals surface area contributed by atoms with Crippen LogP contribution in [0.3, 0.4) is 0 Å². The van der Waals surface area contributed by atoms with Gasteiger partial charge in [0.2, 0.25) is 0 Å². The van der Waals surface area contributed by atoms with E-state index >= 15 is 0 Å². The van der Waals surface area contributed by atoms with Gasteiger partial charge in [-0.05, 0) is 23.0 Å². The fraction of sp³-hybridized carbons (Fsp3) is 0.571. The molecule has 19 heavy (non-hydrogen) atoms. The zero-order valence-corrected chi connectivity index (χ0v) is 13.2. The summed E-state index contributed by atoms with van der Waals surface area (Å²) in [5, 5.41) is 9.90. The van der Waals surface area contributed by atoms with Crippen LogP contribution in [0.4, 0.5) is 0 Å². The minimum absolute atomic E-state index is 0.155. The highest BCUT2D eigenvalue weighted by Gasteiger charge is 2.29. The topological polar surface area (TPSA) is 69.9 Å². The van der Waals surface area contributed by atoms with Crippen LogP contribution < -0.4 is 4.52 Å². The summed E-state index contributed by atoms with van der Waals surface area (Å²) in [5.41, 5.74) is 0.958. The lowest BCUT2D eigenvalue weighted by molar-refractivity contribution is 0.362. The molecule has 0 bridgehead atoms. The van der Waals surface area contributed by atoms with E-state index in [-0.39, 0.29) is 16.6 Å². The van der Waals surface area contributed by atoms with Crippen molar-refractivity contribution in [1.29, 1.82) is 0 Å². The summed E-state index contributed by atoms with van der Waals surface area (Å²) in [6.07, 6.45) is 0. The van der Waals surface area contributed by atoms with Crippen molar-refractivity contribution >= 4 is 8.60 Å². The minimum Gasteiger partial charge on any atom is -0.508 e. The number of aromatic hydroxyl groups is 1. The molecule has 3 N–H and O–H groups in total. The first-order chi connectivity index (χ1) is 8.43. The largest absolute Gasteiger partial charge is 0.508 e. The summed E-state index contributed by atoms with van der Waals surface area (Å²) >= 11 is 0. The van der Waals surface area contributed by atoms with E-state index in [1.165, 1.54) is 0 Å². The second-order valence-corrected chi connectivity index (χ2v) is 7.40. The van der Waals surface area contributed by atoms with Gasteiger partial charge in [-0.2, -0.15) is 0 Å². The zero-order chi connectivity index (χ0) is 15.0. The van der Waals surface area contributed by atoms with Crippen LogP contribution in [-0.4, -0.2) is 14.9 Å². The van der Waals surface area contributed by atoms with Crippen molar-refractivity contribution in [2.75, 3.05) is 0 Å². The molecule has 1 aromatic carbocycles. The zero-order valence-electron chi connectivity index (χ0n) is 12.4. The lowest BCUT2D eigenvalue weighted by Gasteiger charge is -2.29. The van der Waals surface area contributed by atoms with Crippen molar-refractivity contribution in [1.82, 2.24) is 0 Å². The Hall–Kier alpha value is -0.830. The van der Waals surface area contributed by atoms with Crippen LogP contribution in [-0.2, 0) is 10.8 Å². The van der Waals surface area contributed by atoms with Gasteiger partial charge in [-0.1, -0.05) is 41.5 Å². The van der Waals surface area contributed by atoms with Crippen LogP contribution in [0.1, 0.15) is 52.7 Å². The third-order valence-electron chi connectivity index (χ3n) is 2.86. The summed E-state index contributed by atoms with van der Waals surface area (Å²) in [7, 11) is -2.49. The van der Waals surface area contributed by atoms with E-state index in [0.29, 0.717) is 5.75 Å². The van der Waals surface area contributed by atoms with Gasteiger partial charge < -0.3 is 19.4 Å². The average Bonchev–Trinajstić information content (AvgIpc) is 2.16. The minimum atomic E-state index is -2.49. The van der Waals surface area contributed by atoms with Crippen molar-refractivity contribution in [2.24, 2.45) is 0 Å². The van der Waals surface area contributed by atoms with E-state index < -0.39 is 8.60 Å². The van der Waals surface area contributed by atoms with Gasteiger partial charge in [-0.25, -0.2) is 0 Å². The van der Waals surface area contributed by atoms with E-state index in [1.54, 1.807) is 12.1 Å². The molecule has 1 rings (SSSR count). The lowest BCUT2D eigenvalue weighted by atomic mass is 9.79. The monoisotopic (exact) mass is 286 g/mol. The summed E-state index contributed by atoms with van der Waals surface area (Å²) in [6, 6.07) is 3.23. The normalized spacial score (nSPS) is 12.9. The molecule has 0 atom stereocenters. The molecular formula is C14H23O4P. The maximum atomic E-state index is 9.90. The number of benzene rings is 1. The molecule has 108 valence electrons. The summed E-state index contributed by atoms with van der Waals surface area (Å²) in [6.45, 7) is 11.9. The van der Waals surface area contributed by atoms with Gasteiger partial charge in [-0.3, -0.25) is 0 Å². The average molecular weight is 286 g/mol. The van der Waals surface area contributed by atoms with Crippen LogP contribution in [0.2, 0.25) is 0 Å². The number of phenolic OH excluding ortho intramolecular Hbond substituents is 1. The Morgan fingerprint density at radius 3 is 1.53 bits per heavy atom. The number of hydrogen-bond donors (Lipinski definition) is 3. The van der Waals surface area contributed by atoms with Crippen molar-refractivity contribution in [3.05, 3.63) is 23.3 Å².